The number of nitrogens with one attached hydrogen (secondary N) is 1. The van der Waals surface area contributed by atoms with Crippen molar-refractivity contribution >= 4 is 17.5 Å². The Morgan fingerprint density at radius 1 is 1.00 bits per heavy atom. The van der Waals surface area contributed by atoms with Gasteiger partial charge in [-0.05, 0) is 23.6 Å². The molecule has 0 radical (unpaired) electrons. The van der Waals surface area contributed by atoms with Gasteiger partial charge in [0.2, 0.25) is 11.8 Å². The number of fused-ring (bicyclic) bond motifs is 5. The van der Waals surface area contributed by atoms with Crippen LogP contribution in [0.1, 0.15) is 23.5 Å². The molecule has 1 N–H and O–H groups in total. The molecule has 3 aliphatic heterocycles. The summed E-state index contributed by atoms with van der Waals surface area (Å²) in [6.07, 6.45) is 1.14. The van der Waals surface area contributed by atoms with Crippen LogP contribution in [0.5, 0.6) is 0 Å². The Morgan fingerprint density at radius 3 is 2.54 bits per heavy atom. The molecule has 0 aromatic heterocycles. The maximum absolute atomic E-state index is 13.4. The SMILES string of the molecule is CN1C(=O)[C@@H]2C[C@H]3c4ccccc4N[C@H]3N2C(=O)[C@@H]1Cc1ccccc1. The highest BCUT2D eigenvalue weighted by Gasteiger charge is 2.56. The van der Waals surface area contributed by atoms with Crippen LogP contribution in [0.2, 0.25) is 0 Å². The van der Waals surface area contributed by atoms with Crippen LogP contribution in [0, 0.1) is 0 Å². The van der Waals surface area contributed by atoms with E-state index in [9.17, 15) is 9.59 Å². The molecule has 5 rings (SSSR count). The Morgan fingerprint density at radius 2 is 1.73 bits per heavy atom. The van der Waals surface area contributed by atoms with E-state index in [1.807, 2.05) is 53.4 Å². The number of para-hydroxylation sites is 1. The number of hydrogen-bond acceptors (Lipinski definition) is 3. The number of amides is 2. The zero-order valence-electron chi connectivity index (χ0n) is 14.6. The standard InChI is InChI=1S/C21H21N3O2/c1-23-17(11-13-7-3-2-4-8-13)21(26)24-18(20(23)25)12-15-14-9-5-6-10-16(14)22-19(15)24/h2-10,15,17-19,22H,11-12H2,1H3/t15-,17-,18-,19-/m0/s1. The Bertz CT molecular complexity index is 882. The van der Waals surface area contributed by atoms with Crippen molar-refractivity contribution in [1.82, 2.24) is 9.80 Å². The van der Waals surface area contributed by atoms with Gasteiger partial charge in [-0.3, -0.25) is 9.59 Å². The van der Waals surface area contributed by atoms with Crippen LogP contribution in [-0.2, 0) is 16.0 Å². The van der Waals surface area contributed by atoms with Gasteiger partial charge in [-0.15, -0.1) is 0 Å². The Kier molecular flexibility index (Phi) is 3.32. The fourth-order valence-corrected chi connectivity index (χ4v) is 4.75. The van der Waals surface area contributed by atoms with Gasteiger partial charge in [0.15, 0.2) is 0 Å². The molecule has 26 heavy (non-hydrogen) atoms. The van der Waals surface area contributed by atoms with Crippen LogP contribution in [0.4, 0.5) is 5.69 Å². The maximum atomic E-state index is 13.4. The van der Waals surface area contributed by atoms with E-state index in [2.05, 4.69) is 11.4 Å². The van der Waals surface area contributed by atoms with Crippen LogP contribution in [0.3, 0.4) is 0 Å². The first-order chi connectivity index (χ1) is 12.6. The molecule has 5 heteroatoms. The molecule has 132 valence electrons. The van der Waals surface area contributed by atoms with E-state index >= 15 is 0 Å². The quantitative estimate of drug-likeness (QED) is 0.906. The van der Waals surface area contributed by atoms with Crippen molar-refractivity contribution in [3.05, 3.63) is 65.7 Å². The third-order valence-corrected chi connectivity index (χ3v) is 6.07. The summed E-state index contributed by atoms with van der Waals surface area (Å²) in [5.41, 5.74) is 3.37. The van der Waals surface area contributed by atoms with Gasteiger partial charge >= 0.3 is 0 Å². The van der Waals surface area contributed by atoms with Crippen molar-refractivity contribution in [3.63, 3.8) is 0 Å². The van der Waals surface area contributed by atoms with Gasteiger partial charge in [-0.2, -0.15) is 0 Å². The molecule has 0 aliphatic carbocycles. The van der Waals surface area contributed by atoms with Gasteiger partial charge in [0.1, 0.15) is 18.2 Å². The maximum Gasteiger partial charge on any atom is 0.248 e. The van der Waals surface area contributed by atoms with Crippen molar-refractivity contribution in [2.24, 2.45) is 0 Å². The van der Waals surface area contributed by atoms with E-state index in [4.69, 9.17) is 0 Å². The van der Waals surface area contributed by atoms with E-state index in [0.29, 0.717) is 12.8 Å². The van der Waals surface area contributed by atoms with Crippen molar-refractivity contribution in [3.8, 4) is 0 Å². The number of carbonyl (C=O) groups is 2. The number of nitrogens with zero attached hydrogens (tertiary/aromatic N) is 2. The molecule has 0 saturated carbocycles. The summed E-state index contributed by atoms with van der Waals surface area (Å²) in [6, 6.07) is 17.3. The average molecular weight is 347 g/mol. The molecule has 4 atom stereocenters. The van der Waals surface area contributed by atoms with Gasteiger partial charge in [0, 0.05) is 25.1 Å². The first kappa shape index (κ1) is 15.4. The summed E-state index contributed by atoms with van der Waals surface area (Å²) >= 11 is 0. The third kappa shape index (κ3) is 2.09. The summed E-state index contributed by atoms with van der Waals surface area (Å²) in [7, 11) is 1.76. The van der Waals surface area contributed by atoms with E-state index < -0.39 is 6.04 Å². The molecular formula is C21H21N3O2. The molecule has 2 aromatic carbocycles. The number of anilines is 1. The first-order valence-corrected chi connectivity index (χ1v) is 9.13. The summed E-state index contributed by atoms with van der Waals surface area (Å²) in [5.74, 6) is 0.293. The minimum Gasteiger partial charge on any atom is -0.364 e. The van der Waals surface area contributed by atoms with E-state index in [-0.39, 0.29) is 29.9 Å². The highest BCUT2D eigenvalue weighted by molar-refractivity contribution is 5.98. The summed E-state index contributed by atoms with van der Waals surface area (Å²) < 4.78 is 0. The molecule has 0 bridgehead atoms. The molecule has 5 nitrogen and oxygen atoms in total. The van der Waals surface area contributed by atoms with Crippen LogP contribution < -0.4 is 5.32 Å². The number of rotatable bonds is 2. The lowest BCUT2D eigenvalue weighted by molar-refractivity contribution is -0.159. The van der Waals surface area contributed by atoms with E-state index in [1.165, 1.54) is 5.56 Å². The van der Waals surface area contributed by atoms with Crippen molar-refractivity contribution < 1.29 is 9.59 Å². The van der Waals surface area contributed by atoms with Gasteiger partial charge in [-0.1, -0.05) is 48.5 Å². The predicted molar refractivity (Wildman–Crippen MR) is 98.5 cm³/mol. The number of hydrogen-bond donors (Lipinski definition) is 1. The number of piperazine rings is 1. The van der Waals surface area contributed by atoms with E-state index in [0.717, 1.165) is 11.3 Å². The monoisotopic (exact) mass is 347 g/mol. The second-order valence-corrected chi connectivity index (χ2v) is 7.43. The fourth-order valence-electron chi connectivity index (χ4n) is 4.75. The van der Waals surface area contributed by atoms with Crippen LogP contribution >= 0.6 is 0 Å². The number of likely N-dealkylation sites (N-methyl/N-ethyl adjacent to an activating group) is 1. The summed E-state index contributed by atoms with van der Waals surface area (Å²) in [5, 5.41) is 3.48. The minimum atomic E-state index is -0.439. The highest BCUT2D eigenvalue weighted by Crippen LogP contribution is 2.47. The first-order valence-electron chi connectivity index (χ1n) is 9.13. The molecule has 2 aromatic rings. The molecule has 2 fully saturated rings. The van der Waals surface area contributed by atoms with Crippen molar-refractivity contribution in [1.29, 1.82) is 0 Å². The van der Waals surface area contributed by atoms with Crippen molar-refractivity contribution in [2.75, 3.05) is 12.4 Å². The smallest absolute Gasteiger partial charge is 0.248 e. The highest BCUT2D eigenvalue weighted by atomic mass is 16.2. The summed E-state index contributed by atoms with van der Waals surface area (Å²) in [4.78, 5) is 29.8. The number of benzene rings is 2. The molecule has 2 amide bonds. The number of carbonyl (C=O) groups excluding carboxylic acids is 2. The van der Waals surface area contributed by atoms with Gasteiger partial charge in [-0.25, -0.2) is 0 Å². The van der Waals surface area contributed by atoms with Gasteiger partial charge < -0.3 is 15.1 Å². The van der Waals surface area contributed by atoms with Crippen LogP contribution in [0.25, 0.3) is 0 Å². The Labute approximate surface area is 152 Å². The lowest BCUT2D eigenvalue weighted by Crippen LogP contribution is -2.64. The predicted octanol–water partition coefficient (Wildman–Crippen LogP) is 2.21. The summed E-state index contributed by atoms with van der Waals surface area (Å²) in [6.45, 7) is 0. The largest absolute Gasteiger partial charge is 0.364 e. The zero-order valence-corrected chi connectivity index (χ0v) is 14.6. The van der Waals surface area contributed by atoms with E-state index in [1.54, 1.807) is 11.9 Å². The molecule has 0 spiro atoms. The normalized spacial score (nSPS) is 29.3. The van der Waals surface area contributed by atoms with Crippen molar-refractivity contribution in [2.45, 2.75) is 37.0 Å². The van der Waals surface area contributed by atoms with Gasteiger partial charge in [0.05, 0.1) is 0 Å². The fraction of sp³-hybridized carbons (Fsp3) is 0.333. The third-order valence-electron chi connectivity index (χ3n) is 6.07. The minimum absolute atomic E-state index is 0.0498. The second-order valence-electron chi connectivity index (χ2n) is 7.43. The molecule has 0 unspecified atom stereocenters. The molecule has 3 heterocycles. The molecular weight excluding hydrogens is 326 g/mol. The lowest BCUT2D eigenvalue weighted by Gasteiger charge is -2.42. The van der Waals surface area contributed by atoms with Gasteiger partial charge in [0.25, 0.3) is 0 Å². The average Bonchev–Trinajstić information content (AvgIpc) is 3.20. The topological polar surface area (TPSA) is 52.7 Å². The van der Waals surface area contributed by atoms with Crippen LogP contribution in [-0.4, -0.2) is 46.9 Å². The zero-order chi connectivity index (χ0) is 17.8. The van der Waals surface area contributed by atoms with Crippen LogP contribution in [0.15, 0.2) is 54.6 Å². The molecule has 2 saturated heterocycles. The second kappa shape index (κ2) is 5.59. The Balaban J connectivity index is 1.48. The molecule has 3 aliphatic rings. The lowest BCUT2D eigenvalue weighted by atomic mass is 9.95. The Hall–Kier alpha value is -2.82.